The van der Waals surface area contributed by atoms with Crippen LogP contribution in [-0.4, -0.2) is 23.2 Å². The van der Waals surface area contributed by atoms with E-state index in [-0.39, 0.29) is 5.91 Å². The Kier molecular flexibility index (Phi) is 3.47. The van der Waals surface area contributed by atoms with Crippen molar-refractivity contribution in [2.45, 2.75) is 6.54 Å². The third-order valence-corrected chi connectivity index (χ3v) is 2.48. The van der Waals surface area contributed by atoms with Crippen LogP contribution in [0.25, 0.3) is 0 Å². The lowest BCUT2D eigenvalue weighted by atomic mass is 10.1. The first-order valence-corrected chi connectivity index (χ1v) is 5.40. The van der Waals surface area contributed by atoms with Crippen molar-refractivity contribution < 1.29 is 9.53 Å². The van der Waals surface area contributed by atoms with E-state index < -0.39 is 0 Å². The normalized spacial score (nSPS) is 10.1. The molecule has 1 aromatic carbocycles. The average molecular weight is 246 g/mol. The van der Waals surface area contributed by atoms with E-state index in [1.165, 1.54) is 7.11 Å². The van der Waals surface area contributed by atoms with Crippen LogP contribution in [0, 0.1) is 0 Å². The van der Waals surface area contributed by atoms with Gasteiger partial charge in [0.25, 0.3) is 5.91 Å². The molecule has 0 radical (unpaired) electrons. The summed E-state index contributed by atoms with van der Waals surface area (Å²) in [5, 5.41) is 9.25. The van der Waals surface area contributed by atoms with Gasteiger partial charge in [-0.15, -0.1) is 0 Å². The number of anilines is 1. The number of aromatic nitrogens is 2. The summed E-state index contributed by atoms with van der Waals surface area (Å²) in [6.07, 6.45) is 3.37. The molecule has 1 heterocycles. The monoisotopic (exact) mass is 246 g/mol. The number of nitrogen functional groups attached to an aromatic ring is 1. The highest BCUT2D eigenvalue weighted by atomic mass is 16.5. The maximum Gasteiger partial charge on any atom is 0.255 e. The van der Waals surface area contributed by atoms with Crippen LogP contribution >= 0.6 is 0 Å². The lowest BCUT2D eigenvalue weighted by Crippen LogP contribution is -2.23. The molecule has 2 rings (SSSR count). The van der Waals surface area contributed by atoms with Crippen molar-refractivity contribution in [2.24, 2.45) is 0 Å². The van der Waals surface area contributed by atoms with Gasteiger partial charge in [-0.3, -0.25) is 9.89 Å². The lowest BCUT2D eigenvalue weighted by Gasteiger charge is -2.09. The Hall–Kier alpha value is -2.50. The van der Waals surface area contributed by atoms with E-state index in [1.54, 1.807) is 30.6 Å². The Balaban J connectivity index is 2.10. The summed E-state index contributed by atoms with van der Waals surface area (Å²) < 4.78 is 5.12. The minimum atomic E-state index is -0.236. The van der Waals surface area contributed by atoms with Crippen molar-refractivity contribution in [1.29, 1.82) is 0 Å². The van der Waals surface area contributed by atoms with Gasteiger partial charge in [0.15, 0.2) is 0 Å². The summed E-state index contributed by atoms with van der Waals surface area (Å²) in [5.41, 5.74) is 7.49. The molecule has 0 aliphatic rings. The zero-order valence-corrected chi connectivity index (χ0v) is 9.93. The van der Waals surface area contributed by atoms with E-state index in [4.69, 9.17) is 10.5 Å². The molecule has 18 heavy (non-hydrogen) atoms. The fraction of sp³-hybridized carbons (Fsp3) is 0.167. The molecular formula is C12H14N4O2. The second-order valence-corrected chi connectivity index (χ2v) is 3.75. The number of H-pyrrole nitrogens is 1. The topological polar surface area (TPSA) is 93.0 Å². The molecular weight excluding hydrogens is 232 g/mol. The van der Waals surface area contributed by atoms with Crippen LogP contribution < -0.4 is 15.8 Å². The number of nitrogens with one attached hydrogen (secondary N) is 2. The number of rotatable bonds is 4. The molecule has 0 aliphatic carbocycles. The molecule has 0 saturated carbocycles. The van der Waals surface area contributed by atoms with Crippen molar-refractivity contribution in [3.05, 3.63) is 41.7 Å². The minimum absolute atomic E-state index is 0.236. The van der Waals surface area contributed by atoms with Crippen molar-refractivity contribution >= 4 is 11.6 Å². The van der Waals surface area contributed by atoms with Crippen LogP contribution in [0.15, 0.2) is 30.6 Å². The van der Waals surface area contributed by atoms with E-state index in [2.05, 4.69) is 15.5 Å². The first-order chi connectivity index (χ1) is 8.70. The predicted molar refractivity (Wildman–Crippen MR) is 67.2 cm³/mol. The fourth-order valence-corrected chi connectivity index (χ4v) is 1.55. The second kappa shape index (κ2) is 5.22. The summed E-state index contributed by atoms with van der Waals surface area (Å²) in [5.74, 6) is 0.259. The van der Waals surface area contributed by atoms with Crippen LogP contribution in [0.1, 0.15) is 15.9 Å². The maximum atomic E-state index is 12.0. The Morgan fingerprint density at radius 3 is 3.06 bits per heavy atom. The number of amides is 1. The van der Waals surface area contributed by atoms with Gasteiger partial charge in [-0.1, -0.05) is 0 Å². The SMILES string of the molecule is COc1ccc(N)cc1C(=O)NCc1cn[nH]c1. The molecule has 6 nitrogen and oxygen atoms in total. The van der Waals surface area contributed by atoms with Gasteiger partial charge in [-0.05, 0) is 18.2 Å². The fourth-order valence-electron chi connectivity index (χ4n) is 1.55. The lowest BCUT2D eigenvalue weighted by molar-refractivity contribution is 0.0948. The van der Waals surface area contributed by atoms with Crippen molar-refractivity contribution in [3.8, 4) is 5.75 Å². The number of carbonyl (C=O) groups excluding carboxylic acids is 1. The third-order valence-electron chi connectivity index (χ3n) is 2.48. The number of methoxy groups -OCH3 is 1. The number of aromatic amines is 1. The molecule has 6 heteroatoms. The molecule has 94 valence electrons. The van der Waals surface area contributed by atoms with E-state index in [9.17, 15) is 4.79 Å². The van der Waals surface area contributed by atoms with E-state index in [0.717, 1.165) is 5.56 Å². The molecule has 2 aromatic rings. The van der Waals surface area contributed by atoms with Gasteiger partial charge >= 0.3 is 0 Å². The third kappa shape index (κ3) is 2.60. The van der Waals surface area contributed by atoms with Gasteiger partial charge in [0.1, 0.15) is 5.75 Å². The van der Waals surface area contributed by atoms with Gasteiger partial charge in [0.05, 0.1) is 18.9 Å². The minimum Gasteiger partial charge on any atom is -0.496 e. The highest BCUT2D eigenvalue weighted by Crippen LogP contribution is 2.20. The summed E-state index contributed by atoms with van der Waals surface area (Å²) in [6, 6.07) is 4.94. The Labute approximate surface area is 104 Å². The highest BCUT2D eigenvalue weighted by molar-refractivity contribution is 5.97. The van der Waals surface area contributed by atoms with Gasteiger partial charge in [-0.25, -0.2) is 0 Å². The molecule has 0 spiro atoms. The zero-order chi connectivity index (χ0) is 13.0. The second-order valence-electron chi connectivity index (χ2n) is 3.75. The van der Waals surface area contributed by atoms with Crippen LogP contribution in [0.2, 0.25) is 0 Å². The number of nitrogens with zero attached hydrogens (tertiary/aromatic N) is 1. The van der Waals surface area contributed by atoms with Gasteiger partial charge in [-0.2, -0.15) is 5.10 Å². The zero-order valence-electron chi connectivity index (χ0n) is 9.93. The number of hydrogen-bond donors (Lipinski definition) is 3. The highest BCUT2D eigenvalue weighted by Gasteiger charge is 2.12. The first kappa shape index (κ1) is 12.0. The molecule has 4 N–H and O–H groups in total. The molecule has 0 bridgehead atoms. The summed E-state index contributed by atoms with van der Waals surface area (Å²) in [4.78, 5) is 12.0. The van der Waals surface area contributed by atoms with Crippen molar-refractivity contribution in [3.63, 3.8) is 0 Å². The smallest absolute Gasteiger partial charge is 0.255 e. The standard InChI is InChI=1S/C12H14N4O2/c1-18-11-3-2-9(13)4-10(11)12(17)14-5-8-6-15-16-7-8/h2-4,6-7H,5,13H2,1H3,(H,14,17)(H,15,16). The van der Waals surface area contributed by atoms with Crippen molar-refractivity contribution in [2.75, 3.05) is 12.8 Å². The van der Waals surface area contributed by atoms with Crippen LogP contribution in [0.5, 0.6) is 5.75 Å². The van der Waals surface area contributed by atoms with Crippen molar-refractivity contribution in [1.82, 2.24) is 15.5 Å². The summed E-state index contributed by atoms with van der Waals surface area (Å²) in [6.45, 7) is 0.396. The van der Waals surface area contributed by atoms with Gasteiger partial charge in [0, 0.05) is 24.0 Å². The van der Waals surface area contributed by atoms with Crippen LogP contribution in [0.3, 0.4) is 0 Å². The maximum absolute atomic E-state index is 12.0. The number of nitrogens with two attached hydrogens (primary N) is 1. The Morgan fingerprint density at radius 1 is 1.56 bits per heavy atom. The molecule has 0 saturated heterocycles. The Morgan fingerprint density at radius 2 is 2.39 bits per heavy atom. The average Bonchev–Trinajstić information content (AvgIpc) is 2.89. The number of ether oxygens (including phenoxy) is 1. The van der Waals surface area contributed by atoms with Crippen LogP contribution in [-0.2, 0) is 6.54 Å². The van der Waals surface area contributed by atoms with Gasteiger partial charge in [0.2, 0.25) is 0 Å². The molecule has 0 atom stereocenters. The number of benzene rings is 1. The summed E-state index contributed by atoms with van der Waals surface area (Å²) in [7, 11) is 1.51. The number of hydrogen-bond acceptors (Lipinski definition) is 4. The largest absolute Gasteiger partial charge is 0.496 e. The van der Waals surface area contributed by atoms with Crippen LogP contribution in [0.4, 0.5) is 5.69 Å². The summed E-state index contributed by atoms with van der Waals surface area (Å²) >= 11 is 0. The first-order valence-electron chi connectivity index (χ1n) is 5.40. The Bertz CT molecular complexity index is 537. The quantitative estimate of drug-likeness (QED) is 0.700. The molecule has 1 aromatic heterocycles. The van der Waals surface area contributed by atoms with Gasteiger partial charge < -0.3 is 15.8 Å². The predicted octanol–water partition coefficient (Wildman–Crippen LogP) is 0.930. The van der Waals surface area contributed by atoms with E-state index in [1.807, 2.05) is 0 Å². The van der Waals surface area contributed by atoms with E-state index >= 15 is 0 Å². The number of carbonyl (C=O) groups is 1. The molecule has 0 aliphatic heterocycles. The molecule has 0 fully saturated rings. The van der Waals surface area contributed by atoms with E-state index in [0.29, 0.717) is 23.5 Å². The molecule has 1 amide bonds. The molecule has 0 unspecified atom stereocenters.